The van der Waals surface area contributed by atoms with Crippen molar-refractivity contribution in [3.63, 3.8) is 0 Å². The highest BCUT2D eigenvalue weighted by Gasteiger charge is 2.37. The summed E-state index contributed by atoms with van der Waals surface area (Å²) in [7, 11) is 0. The Kier molecular flexibility index (Phi) is 4.25. The van der Waals surface area contributed by atoms with Gasteiger partial charge in [-0.2, -0.15) is 0 Å². The van der Waals surface area contributed by atoms with Crippen LogP contribution in [0.1, 0.15) is 37.8 Å². The lowest BCUT2D eigenvalue weighted by molar-refractivity contribution is -0.140. The molecule has 4 heteroatoms. The Labute approximate surface area is 112 Å². The number of hydrogen-bond donors (Lipinski definition) is 2. The van der Waals surface area contributed by atoms with Crippen molar-refractivity contribution in [2.45, 2.75) is 38.3 Å². The van der Waals surface area contributed by atoms with Gasteiger partial charge in [0.05, 0.1) is 0 Å². The van der Waals surface area contributed by atoms with Crippen LogP contribution < -0.4 is 5.32 Å². The summed E-state index contributed by atoms with van der Waals surface area (Å²) in [5.74, 6) is -0.450. The van der Waals surface area contributed by atoms with E-state index in [0.29, 0.717) is 10.9 Å². The monoisotopic (exact) mass is 267 g/mol. The van der Waals surface area contributed by atoms with Crippen LogP contribution in [0.3, 0.4) is 0 Å². The van der Waals surface area contributed by atoms with Gasteiger partial charge in [0.25, 0.3) is 0 Å². The van der Waals surface area contributed by atoms with Gasteiger partial charge in [-0.25, -0.2) is 0 Å². The second-order valence-corrected chi connectivity index (χ2v) is 5.27. The van der Waals surface area contributed by atoms with Gasteiger partial charge in [0.15, 0.2) is 0 Å². The molecule has 1 aliphatic carbocycles. The summed E-state index contributed by atoms with van der Waals surface area (Å²) in [6.45, 7) is 2.05. The van der Waals surface area contributed by atoms with E-state index in [1.807, 2.05) is 24.3 Å². The number of carboxylic acid groups (broad SMARTS) is 1. The fourth-order valence-corrected chi connectivity index (χ4v) is 2.33. The van der Waals surface area contributed by atoms with Gasteiger partial charge in [0, 0.05) is 11.1 Å². The van der Waals surface area contributed by atoms with E-state index in [-0.39, 0.29) is 6.04 Å². The van der Waals surface area contributed by atoms with Crippen LogP contribution in [0.25, 0.3) is 0 Å². The highest BCUT2D eigenvalue weighted by Crippen LogP contribution is 2.34. The molecule has 1 aromatic rings. The third kappa shape index (κ3) is 3.24. The molecule has 0 aromatic heterocycles. The zero-order chi connectivity index (χ0) is 13.1. The molecular weight excluding hydrogens is 250 g/mol. The zero-order valence-corrected chi connectivity index (χ0v) is 11.2. The molecule has 0 aliphatic heterocycles. The number of hydrogen-bond acceptors (Lipinski definition) is 2. The lowest BCUT2D eigenvalue weighted by Crippen LogP contribution is -2.40. The summed E-state index contributed by atoms with van der Waals surface area (Å²) >= 11 is 5.86. The summed E-state index contributed by atoms with van der Waals surface area (Å²) in [5, 5.41) is 13.2. The van der Waals surface area contributed by atoms with Gasteiger partial charge in [-0.15, -0.1) is 0 Å². The van der Waals surface area contributed by atoms with Gasteiger partial charge >= 0.3 is 5.97 Å². The summed E-state index contributed by atoms with van der Waals surface area (Å²) in [4.78, 5) is 11.2. The Balaban J connectivity index is 2.08. The first kappa shape index (κ1) is 13.4. The largest absolute Gasteiger partial charge is 0.480 e. The predicted molar refractivity (Wildman–Crippen MR) is 71.8 cm³/mol. The molecule has 0 amide bonds. The lowest BCUT2D eigenvalue weighted by atomic mass is 10.0. The molecule has 1 fully saturated rings. The molecule has 3 nitrogen and oxygen atoms in total. The summed E-state index contributed by atoms with van der Waals surface area (Å²) in [6, 6.07) is 7.24. The van der Waals surface area contributed by atoms with Gasteiger partial charge in [-0.05, 0) is 42.9 Å². The number of aliphatic carboxylic acids is 1. The van der Waals surface area contributed by atoms with Crippen molar-refractivity contribution in [2.75, 3.05) is 0 Å². The quantitative estimate of drug-likeness (QED) is 0.832. The van der Waals surface area contributed by atoms with Crippen LogP contribution in [0.2, 0.25) is 5.02 Å². The molecule has 2 rings (SSSR count). The number of rotatable bonds is 6. The maximum Gasteiger partial charge on any atom is 0.320 e. The van der Waals surface area contributed by atoms with Crippen molar-refractivity contribution in [1.29, 1.82) is 0 Å². The third-order valence-electron chi connectivity index (χ3n) is 3.42. The fraction of sp³-hybridized carbons (Fsp3) is 0.500. The summed E-state index contributed by atoms with van der Waals surface area (Å²) in [6.07, 6.45) is 2.89. The van der Waals surface area contributed by atoms with Gasteiger partial charge in [0.2, 0.25) is 0 Å². The average Bonchev–Trinajstić information content (AvgIpc) is 3.16. The van der Waals surface area contributed by atoms with E-state index in [2.05, 4.69) is 12.2 Å². The van der Waals surface area contributed by atoms with E-state index < -0.39 is 12.0 Å². The number of carboxylic acids is 1. The highest BCUT2D eigenvalue weighted by molar-refractivity contribution is 6.30. The number of halogens is 1. The Morgan fingerprint density at radius 3 is 2.50 bits per heavy atom. The molecule has 0 saturated heterocycles. The van der Waals surface area contributed by atoms with Crippen LogP contribution >= 0.6 is 11.6 Å². The van der Waals surface area contributed by atoms with Crippen LogP contribution in [-0.4, -0.2) is 17.1 Å². The maximum absolute atomic E-state index is 11.2. The predicted octanol–water partition coefficient (Wildman–Crippen LogP) is 3.24. The molecule has 1 saturated carbocycles. The second-order valence-electron chi connectivity index (χ2n) is 4.83. The Bertz CT molecular complexity index is 414. The van der Waals surface area contributed by atoms with Crippen LogP contribution in [0.15, 0.2) is 24.3 Å². The topological polar surface area (TPSA) is 49.3 Å². The summed E-state index contributed by atoms with van der Waals surface area (Å²) < 4.78 is 0. The molecule has 98 valence electrons. The van der Waals surface area contributed by atoms with E-state index in [1.54, 1.807) is 0 Å². The van der Waals surface area contributed by atoms with E-state index in [0.717, 1.165) is 24.8 Å². The van der Waals surface area contributed by atoms with E-state index in [4.69, 9.17) is 11.6 Å². The first-order valence-corrected chi connectivity index (χ1v) is 6.74. The number of carbonyl (C=O) groups is 1. The van der Waals surface area contributed by atoms with E-state index in [9.17, 15) is 9.90 Å². The molecule has 0 radical (unpaired) electrons. The van der Waals surface area contributed by atoms with Gasteiger partial charge in [-0.3, -0.25) is 10.1 Å². The maximum atomic E-state index is 11.2. The first-order chi connectivity index (χ1) is 8.61. The molecular formula is C14H18ClNO2. The van der Waals surface area contributed by atoms with Crippen molar-refractivity contribution in [1.82, 2.24) is 5.32 Å². The third-order valence-corrected chi connectivity index (χ3v) is 3.67. The molecule has 2 N–H and O–H groups in total. The van der Waals surface area contributed by atoms with Crippen LogP contribution in [0, 0.1) is 5.92 Å². The van der Waals surface area contributed by atoms with Crippen molar-refractivity contribution >= 4 is 17.6 Å². The van der Waals surface area contributed by atoms with E-state index >= 15 is 0 Å². The minimum Gasteiger partial charge on any atom is -0.480 e. The average molecular weight is 268 g/mol. The van der Waals surface area contributed by atoms with Crippen LogP contribution in [0.5, 0.6) is 0 Å². The molecule has 1 aliphatic rings. The molecule has 0 spiro atoms. The standard InChI is InChI=1S/C14H18ClNO2/c1-2-12(9-5-7-11(15)8-6-9)16-13(14(17)18)10-3-4-10/h5-8,10,12-13,16H,2-4H2,1H3,(H,17,18). The molecule has 1 aromatic carbocycles. The SMILES string of the molecule is CCC(NC(C(=O)O)C1CC1)c1ccc(Cl)cc1. The molecule has 2 atom stereocenters. The Morgan fingerprint density at radius 2 is 2.06 bits per heavy atom. The minimum absolute atomic E-state index is 0.0731. The summed E-state index contributed by atoms with van der Waals surface area (Å²) in [5.41, 5.74) is 1.09. The molecule has 2 unspecified atom stereocenters. The van der Waals surface area contributed by atoms with Crippen molar-refractivity contribution < 1.29 is 9.90 Å². The second kappa shape index (κ2) is 5.72. The molecule has 0 bridgehead atoms. The normalized spacial score (nSPS) is 18.3. The molecule has 18 heavy (non-hydrogen) atoms. The Hall–Kier alpha value is -1.06. The highest BCUT2D eigenvalue weighted by atomic mass is 35.5. The first-order valence-electron chi connectivity index (χ1n) is 6.36. The minimum atomic E-state index is -0.745. The fourth-order valence-electron chi connectivity index (χ4n) is 2.20. The lowest BCUT2D eigenvalue weighted by Gasteiger charge is -2.22. The smallest absolute Gasteiger partial charge is 0.320 e. The Morgan fingerprint density at radius 1 is 1.44 bits per heavy atom. The van der Waals surface area contributed by atoms with Crippen molar-refractivity contribution in [3.05, 3.63) is 34.9 Å². The van der Waals surface area contributed by atoms with Gasteiger partial charge in [0.1, 0.15) is 6.04 Å². The van der Waals surface area contributed by atoms with Gasteiger partial charge in [-0.1, -0.05) is 30.7 Å². The number of benzene rings is 1. The van der Waals surface area contributed by atoms with Crippen LogP contribution in [0.4, 0.5) is 0 Å². The number of nitrogens with one attached hydrogen (secondary N) is 1. The van der Waals surface area contributed by atoms with E-state index in [1.165, 1.54) is 0 Å². The van der Waals surface area contributed by atoms with Gasteiger partial charge < -0.3 is 5.11 Å². The van der Waals surface area contributed by atoms with Crippen LogP contribution in [-0.2, 0) is 4.79 Å². The molecule has 0 heterocycles. The zero-order valence-electron chi connectivity index (χ0n) is 10.4. The van der Waals surface area contributed by atoms with Crippen molar-refractivity contribution in [3.8, 4) is 0 Å². The van der Waals surface area contributed by atoms with Crippen molar-refractivity contribution in [2.24, 2.45) is 5.92 Å².